The van der Waals surface area contributed by atoms with Gasteiger partial charge in [0.15, 0.2) is 0 Å². The maximum Gasteiger partial charge on any atom is 0.310 e. The zero-order chi connectivity index (χ0) is 20.1. The first-order valence-corrected chi connectivity index (χ1v) is 12.2. The van der Waals surface area contributed by atoms with Crippen LogP contribution in [0, 0.1) is 46.3 Å². The highest BCUT2D eigenvalue weighted by Crippen LogP contribution is 2.66. The molecule has 28 heavy (non-hydrogen) atoms. The van der Waals surface area contributed by atoms with Crippen molar-refractivity contribution in [2.24, 2.45) is 46.3 Å². The molecule has 0 unspecified atom stereocenters. The fourth-order valence-corrected chi connectivity index (χ4v) is 8.09. The monoisotopic (exact) mass is 386 g/mol. The molecule has 2 nitrogen and oxygen atoms in total. The van der Waals surface area contributed by atoms with Crippen molar-refractivity contribution in [3.05, 3.63) is 11.8 Å². The minimum atomic E-state index is -0.0148. The Kier molecular flexibility index (Phi) is 5.47. The Morgan fingerprint density at radius 1 is 1.07 bits per heavy atom. The molecule has 0 bridgehead atoms. The molecule has 1 saturated heterocycles. The SMILES string of the molecule is CC(C)CCC[C@H](C)[C@H]1CC[C@H]2[C@H]3CC=C4OC(=O)CC[C@]4(C)[C@@H]3CC[C@]12C. The van der Waals surface area contributed by atoms with Crippen LogP contribution >= 0.6 is 0 Å². The molecule has 0 aromatic carbocycles. The minimum absolute atomic E-state index is 0.0148. The summed E-state index contributed by atoms with van der Waals surface area (Å²) >= 11 is 0. The molecule has 0 N–H and O–H groups in total. The molecule has 0 aromatic heterocycles. The van der Waals surface area contributed by atoms with Gasteiger partial charge in [0.1, 0.15) is 5.76 Å². The van der Waals surface area contributed by atoms with Crippen LogP contribution in [-0.2, 0) is 9.53 Å². The van der Waals surface area contributed by atoms with Crippen molar-refractivity contribution in [2.45, 2.75) is 98.8 Å². The van der Waals surface area contributed by atoms with Crippen LogP contribution in [0.2, 0.25) is 0 Å². The molecule has 2 heteroatoms. The molecule has 158 valence electrons. The van der Waals surface area contributed by atoms with E-state index in [9.17, 15) is 4.79 Å². The first kappa shape index (κ1) is 20.5. The molecule has 4 rings (SSSR count). The van der Waals surface area contributed by atoms with Crippen LogP contribution in [0.4, 0.5) is 0 Å². The standard InChI is InChI=1S/C26H42O2/c1-17(2)7-6-8-18(3)20-10-11-21-19-9-12-23-26(5,16-14-24(27)28-23)22(19)13-15-25(20,21)4/h12,17-22H,6-11,13-16H2,1-5H3/t18-,19+,20+,21-,22+,25+,26+/m0/s1. The Morgan fingerprint density at radius 3 is 2.61 bits per heavy atom. The van der Waals surface area contributed by atoms with E-state index in [1.807, 2.05) is 0 Å². The third-order valence-electron chi connectivity index (χ3n) is 9.67. The van der Waals surface area contributed by atoms with E-state index < -0.39 is 0 Å². The maximum absolute atomic E-state index is 11.8. The van der Waals surface area contributed by atoms with Crippen LogP contribution in [0.3, 0.4) is 0 Å². The van der Waals surface area contributed by atoms with Crippen molar-refractivity contribution < 1.29 is 9.53 Å². The van der Waals surface area contributed by atoms with E-state index in [4.69, 9.17) is 4.74 Å². The van der Waals surface area contributed by atoms with E-state index in [0.29, 0.717) is 17.8 Å². The molecule has 3 aliphatic carbocycles. The van der Waals surface area contributed by atoms with Crippen molar-refractivity contribution in [1.82, 2.24) is 0 Å². The van der Waals surface area contributed by atoms with Crippen LogP contribution in [0.15, 0.2) is 11.8 Å². The molecule has 0 spiro atoms. The second-order valence-electron chi connectivity index (χ2n) is 11.6. The minimum Gasteiger partial charge on any atom is -0.431 e. The average Bonchev–Trinajstić information content (AvgIpc) is 2.99. The van der Waals surface area contributed by atoms with E-state index in [1.165, 1.54) is 44.9 Å². The van der Waals surface area contributed by atoms with E-state index in [-0.39, 0.29) is 11.4 Å². The van der Waals surface area contributed by atoms with Crippen molar-refractivity contribution >= 4 is 5.97 Å². The predicted octanol–water partition coefficient (Wildman–Crippen LogP) is 7.14. The zero-order valence-electron chi connectivity index (χ0n) is 18.9. The van der Waals surface area contributed by atoms with Crippen molar-refractivity contribution in [3.8, 4) is 0 Å². The number of ether oxygens (including phenoxy) is 1. The Hall–Kier alpha value is -0.790. The van der Waals surface area contributed by atoms with E-state index in [1.54, 1.807) is 0 Å². The topological polar surface area (TPSA) is 26.3 Å². The molecule has 2 saturated carbocycles. The van der Waals surface area contributed by atoms with Gasteiger partial charge in [-0.25, -0.2) is 0 Å². The van der Waals surface area contributed by atoms with Gasteiger partial charge in [-0.3, -0.25) is 4.79 Å². The highest BCUT2D eigenvalue weighted by atomic mass is 16.5. The van der Waals surface area contributed by atoms with Gasteiger partial charge in [-0.1, -0.05) is 53.9 Å². The number of allylic oxidation sites excluding steroid dienone is 2. The number of rotatable bonds is 5. The Balaban J connectivity index is 1.50. The second kappa shape index (κ2) is 7.47. The molecule has 1 heterocycles. The number of fused-ring (bicyclic) bond motifs is 5. The van der Waals surface area contributed by atoms with Gasteiger partial charge in [0.05, 0.1) is 0 Å². The fourth-order valence-electron chi connectivity index (χ4n) is 8.09. The molecule has 1 aliphatic heterocycles. The third kappa shape index (κ3) is 3.27. The van der Waals surface area contributed by atoms with Gasteiger partial charge in [0, 0.05) is 11.8 Å². The summed E-state index contributed by atoms with van der Waals surface area (Å²) in [4.78, 5) is 11.8. The van der Waals surface area contributed by atoms with Crippen molar-refractivity contribution in [2.75, 3.05) is 0 Å². The Bertz CT molecular complexity index is 634. The lowest BCUT2D eigenvalue weighted by molar-refractivity contribution is -0.152. The molecule has 0 amide bonds. The molecule has 0 aromatic rings. The lowest BCUT2D eigenvalue weighted by Gasteiger charge is -2.57. The summed E-state index contributed by atoms with van der Waals surface area (Å²) < 4.78 is 5.72. The highest BCUT2D eigenvalue weighted by Gasteiger charge is 2.59. The summed E-state index contributed by atoms with van der Waals surface area (Å²) in [6.45, 7) is 12.3. The second-order valence-corrected chi connectivity index (χ2v) is 11.6. The average molecular weight is 387 g/mol. The van der Waals surface area contributed by atoms with Crippen LogP contribution < -0.4 is 0 Å². The quantitative estimate of drug-likeness (QED) is 0.469. The van der Waals surface area contributed by atoms with Gasteiger partial charge < -0.3 is 4.74 Å². The number of carbonyl (C=O) groups is 1. The Morgan fingerprint density at radius 2 is 1.86 bits per heavy atom. The van der Waals surface area contributed by atoms with Crippen molar-refractivity contribution in [3.63, 3.8) is 0 Å². The van der Waals surface area contributed by atoms with Gasteiger partial charge in [0.2, 0.25) is 0 Å². The largest absolute Gasteiger partial charge is 0.431 e. The molecule has 0 radical (unpaired) electrons. The number of carbonyl (C=O) groups excluding carboxylic acids is 1. The number of hydrogen-bond donors (Lipinski definition) is 0. The first-order valence-electron chi connectivity index (χ1n) is 12.2. The zero-order valence-corrected chi connectivity index (χ0v) is 18.9. The molecule has 4 aliphatic rings. The third-order valence-corrected chi connectivity index (χ3v) is 9.67. The van der Waals surface area contributed by atoms with Gasteiger partial charge in [0.25, 0.3) is 0 Å². The van der Waals surface area contributed by atoms with Gasteiger partial charge >= 0.3 is 5.97 Å². The summed E-state index contributed by atoms with van der Waals surface area (Å²) in [5.41, 5.74) is 0.643. The molecule has 3 fully saturated rings. The molecular formula is C26H42O2. The lowest BCUT2D eigenvalue weighted by atomic mass is 9.49. The van der Waals surface area contributed by atoms with Gasteiger partial charge in [-0.2, -0.15) is 0 Å². The van der Waals surface area contributed by atoms with Gasteiger partial charge in [-0.15, -0.1) is 0 Å². The van der Waals surface area contributed by atoms with Crippen LogP contribution in [0.1, 0.15) is 98.8 Å². The summed E-state index contributed by atoms with van der Waals surface area (Å²) in [6.07, 6.45) is 14.8. The summed E-state index contributed by atoms with van der Waals surface area (Å²) in [5.74, 6) is 6.01. The van der Waals surface area contributed by atoms with Gasteiger partial charge in [-0.05, 0) is 85.5 Å². The maximum atomic E-state index is 11.8. The summed E-state index contributed by atoms with van der Waals surface area (Å²) in [7, 11) is 0. The molecular weight excluding hydrogens is 344 g/mol. The van der Waals surface area contributed by atoms with Crippen LogP contribution in [-0.4, -0.2) is 5.97 Å². The van der Waals surface area contributed by atoms with Crippen LogP contribution in [0.5, 0.6) is 0 Å². The van der Waals surface area contributed by atoms with E-state index in [2.05, 4.69) is 40.7 Å². The summed E-state index contributed by atoms with van der Waals surface area (Å²) in [6, 6.07) is 0. The normalized spacial score (nSPS) is 43.6. The smallest absolute Gasteiger partial charge is 0.310 e. The fraction of sp³-hybridized carbons (Fsp3) is 0.885. The highest BCUT2D eigenvalue weighted by molar-refractivity contribution is 5.72. The van der Waals surface area contributed by atoms with Crippen LogP contribution in [0.25, 0.3) is 0 Å². The first-order chi connectivity index (χ1) is 13.3. The Labute approximate surface area is 172 Å². The lowest BCUT2D eigenvalue weighted by Crippen LogP contribution is -2.51. The number of esters is 1. The van der Waals surface area contributed by atoms with E-state index in [0.717, 1.165) is 48.2 Å². The predicted molar refractivity (Wildman–Crippen MR) is 115 cm³/mol. The molecule has 7 atom stereocenters. The number of hydrogen-bond acceptors (Lipinski definition) is 2. The van der Waals surface area contributed by atoms with E-state index >= 15 is 0 Å². The van der Waals surface area contributed by atoms with Crippen molar-refractivity contribution in [1.29, 1.82) is 0 Å². The summed E-state index contributed by atoms with van der Waals surface area (Å²) in [5, 5.41) is 0.